The molecule has 0 fully saturated rings. The van der Waals surface area contributed by atoms with Crippen LogP contribution in [0.4, 0.5) is 4.39 Å². The number of benzene rings is 1. The van der Waals surface area contributed by atoms with E-state index in [2.05, 4.69) is 30.3 Å². The Kier molecular flexibility index (Phi) is 5.63. The van der Waals surface area contributed by atoms with Crippen LogP contribution in [0.1, 0.15) is 51.9 Å². The second kappa shape index (κ2) is 7.26. The van der Waals surface area contributed by atoms with Gasteiger partial charge in [-0.25, -0.2) is 9.37 Å². The molecule has 1 atom stereocenters. The van der Waals surface area contributed by atoms with Gasteiger partial charge < -0.3 is 4.57 Å². The van der Waals surface area contributed by atoms with E-state index in [9.17, 15) is 4.39 Å². The molecule has 0 bridgehead atoms. The Morgan fingerprint density at radius 1 is 1.24 bits per heavy atom. The standard InChI is InChI=1S/C17H24ClFN2/c1-12(2)5-4-6-13(3)21-16-11-14(19)7-8-15(16)20-17(21)9-10-18/h7-8,11-13H,4-6,9-10H2,1-3H3. The van der Waals surface area contributed by atoms with Crippen molar-refractivity contribution in [2.45, 2.75) is 52.5 Å². The van der Waals surface area contributed by atoms with Crippen molar-refractivity contribution < 1.29 is 4.39 Å². The number of hydrogen-bond acceptors (Lipinski definition) is 1. The van der Waals surface area contributed by atoms with Gasteiger partial charge in [-0.1, -0.05) is 26.7 Å². The first kappa shape index (κ1) is 16.3. The number of alkyl halides is 1. The molecular weight excluding hydrogens is 287 g/mol. The van der Waals surface area contributed by atoms with Gasteiger partial charge in [0.1, 0.15) is 11.6 Å². The first-order valence-electron chi connectivity index (χ1n) is 7.75. The summed E-state index contributed by atoms with van der Waals surface area (Å²) in [7, 11) is 0. The zero-order valence-corrected chi connectivity index (χ0v) is 13.8. The van der Waals surface area contributed by atoms with Gasteiger partial charge in [0, 0.05) is 18.3 Å². The van der Waals surface area contributed by atoms with E-state index in [0.717, 1.165) is 29.2 Å². The average Bonchev–Trinajstić information content (AvgIpc) is 2.76. The molecule has 0 saturated heterocycles. The van der Waals surface area contributed by atoms with Crippen LogP contribution in [0.15, 0.2) is 18.2 Å². The molecular formula is C17H24ClFN2. The van der Waals surface area contributed by atoms with Crippen molar-refractivity contribution in [3.8, 4) is 0 Å². The number of nitrogens with zero attached hydrogens (tertiary/aromatic N) is 2. The third-order valence-corrected chi connectivity index (χ3v) is 4.08. The van der Waals surface area contributed by atoms with Gasteiger partial charge >= 0.3 is 0 Å². The second-order valence-corrected chi connectivity index (χ2v) is 6.52. The molecule has 21 heavy (non-hydrogen) atoms. The van der Waals surface area contributed by atoms with Crippen LogP contribution >= 0.6 is 11.6 Å². The highest BCUT2D eigenvalue weighted by Crippen LogP contribution is 2.26. The first-order chi connectivity index (χ1) is 10.0. The van der Waals surface area contributed by atoms with E-state index in [1.807, 2.05) is 0 Å². The number of rotatable bonds is 7. The van der Waals surface area contributed by atoms with Crippen molar-refractivity contribution in [3.63, 3.8) is 0 Å². The zero-order valence-electron chi connectivity index (χ0n) is 13.1. The molecule has 0 saturated carbocycles. The van der Waals surface area contributed by atoms with Gasteiger partial charge in [0.05, 0.1) is 11.0 Å². The molecule has 0 N–H and O–H groups in total. The molecule has 4 heteroatoms. The Hall–Kier alpha value is -1.09. The highest BCUT2D eigenvalue weighted by atomic mass is 35.5. The molecule has 0 aliphatic rings. The number of aromatic nitrogens is 2. The summed E-state index contributed by atoms with van der Waals surface area (Å²) >= 11 is 5.89. The molecule has 2 aromatic rings. The van der Waals surface area contributed by atoms with Crippen molar-refractivity contribution >= 4 is 22.6 Å². The molecule has 0 aliphatic carbocycles. The summed E-state index contributed by atoms with van der Waals surface area (Å²) in [5, 5.41) is 0. The van der Waals surface area contributed by atoms with Crippen molar-refractivity contribution in [1.82, 2.24) is 9.55 Å². The molecule has 0 spiro atoms. The SMILES string of the molecule is CC(C)CCCC(C)n1c(CCCl)nc2ccc(F)cc21. The lowest BCUT2D eigenvalue weighted by atomic mass is 10.0. The minimum Gasteiger partial charge on any atom is -0.325 e. The van der Waals surface area contributed by atoms with Crippen LogP contribution in [0, 0.1) is 11.7 Å². The molecule has 1 heterocycles. The number of imidazole rings is 1. The summed E-state index contributed by atoms with van der Waals surface area (Å²) < 4.78 is 15.7. The molecule has 0 radical (unpaired) electrons. The van der Waals surface area contributed by atoms with Crippen LogP contribution in [0.3, 0.4) is 0 Å². The molecule has 2 nitrogen and oxygen atoms in total. The number of halogens is 2. The lowest BCUT2D eigenvalue weighted by Crippen LogP contribution is -2.10. The molecule has 1 aromatic heterocycles. The fraction of sp³-hybridized carbons (Fsp3) is 0.588. The van der Waals surface area contributed by atoms with Gasteiger partial charge in [-0.3, -0.25) is 0 Å². The van der Waals surface area contributed by atoms with E-state index in [4.69, 9.17) is 11.6 Å². The molecule has 116 valence electrons. The summed E-state index contributed by atoms with van der Waals surface area (Å²) in [6, 6.07) is 5.11. The monoisotopic (exact) mass is 310 g/mol. The largest absolute Gasteiger partial charge is 0.325 e. The second-order valence-electron chi connectivity index (χ2n) is 6.14. The predicted molar refractivity (Wildman–Crippen MR) is 87.5 cm³/mol. The Labute approximate surface area is 131 Å². The van der Waals surface area contributed by atoms with E-state index in [0.29, 0.717) is 18.3 Å². The van der Waals surface area contributed by atoms with Crippen molar-refractivity contribution in [2.24, 2.45) is 5.92 Å². The van der Waals surface area contributed by atoms with Crippen LogP contribution in [0.5, 0.6) is 0 Å². The Morgan fingerprint density at radius 2 is 2.00 bits per heavy atom. The highest BCUT2D eigenvalue weighted by Gasteiger charge is 2.16. The zero-order chi connectivity index (χ0) is 15.4. The van der Waals surface area contributed by atoms with Crippen LogP contribution in [0.25, 0.3) is 11.0 Å². The quantitative estimate of drug-likeness (QED) is 0.631. The summed E-state index contributed by atoms with van der Waals surface area (Å²) in [5.74, 6) is 2.00. The van der Waals surface area contributed by atoms with Crippen LogP contribution in [0.2, 0.25) is 0 Å². The van der Waals surface area contributed by atoms with Crippen LogP contribution in [-0.2, 0) is 6.42 Å². The fourth-order valence-electron chi connectivity index (χ4n) is 2.82. The third kappa shape index (κ3) is 3.97. The van der Waals surface area contributed by atoms with Crippen molar-refractivity contribution in [3.05, 3.63) is 29.8 Å². The topological polar surface area (TPSA) is 17.8 Å². The molecule has 0 aliphatic heterocycles. The summed E-state index contributed by atoms with van der Waals surface area (Å²) in [6.45, 7) is 6.67. The maximum Gasteiger partial charge on any atom is 0.125 e. The van der Waals surface area contributed by atoms with Crippen molar-refractivity contribution in [2.75, 3.05) is 5.88 Å². The van der Waals surface area contributed by atoms with Crippen LogP contribution < -0.4 is 0 Å². The van der Waals surface area contributed by atoms with E-state index < -0.39 is 0 Å². The Bertz CT molecular complexity index is 592. The minimum absolute atomic E-state index is 0.213. The Balaban J connectivity index is 2.30. The van der Waals surface area contributed by atoms with Gasteiger partial charge in [0.15, 0.2) is 0 Å². The van der Waals surface area contributed by atoms with Gasteiger partial charge in [0.2, 0.25) is 0 Å². The van der Waals surface area contributed by atoms with E-state index in [1.165, 1.54) is 18.9 Å². The highest BCUT2D eigenvalue weighted by molar-refractivity contribution is 6.17. The molecule has 1 unspecified atom stereocenters. The van der Waals surface area contributed by atoms with Crippen LogP contribution in [-0.4, -0.2) is 15.4 Å². The Morgan fingerprint density at radius 3 is 2.67 bits per heavy atom. The normalized spacial score (nSPS) is 13.2. The van der Waals surface area contributed by atoms with Gasteiger partial charge in [-0.15, -0.1) is 11.6 Å². The van der Waals surface area contributed by atoms with E-state index in [1.54, 1.807) is 12.1 Å². The van der Waals surface area contributed by atoms with Gasteiger partial charge in [-0.2, -0.15) is 0 Å². The average molecular weight is 311 g/mol. The summed E-state index contributed by atoms with van der Waals surface area (Å²) in [6.07, 6.45) is 4.19. The molecule has 2 rings (SSSR count). The first-order valence-corrected chi connectivity index (χ1v) is 8.28. The lowest BCUT2D eigenvalue weighted by molar-refractivity contribution is 0.445. The van der Waals surface area contributed by atoms with Gasteiger partial charge in [-0.05, 0) is 37.5 Å². The fourth-order valence-corrected chi connectivity index (χ4v) is 2.99. The maximum absolute atomic E-state index is 13.6. The number of hydrogen-bond donors (Lipinski definition) is 0. The number of aryl methyl sites for hydroxylation is 1. The third-order valence-electron chi connectivity index (χ3n) is 3.89. The summed E-state index contributed by atoms with van der Waals surface area (Å²) in [4.78, 5) is 4.62. The predicted octanol–water partition coefficient (Wildman–Crippen LogP) is 5.34. The van der Waals surface area contributed by atoms with Gasteiger partial charge in [0.25, 0.3) is 0 Å². The van der Waals surface area contributed by atoms with E-state index in [-0.39, 0.29) is 5.82 Å². The minimum atomic E-state index is -0.213. The molecule has 0 amide bonds. The number of fused-ring (bicyclic) bond motifs is 1. The smallest absolute Gasteiger partial charge is 0.125 e. The van der Waals surface area contributed by atoms with E-state index >= 15 is 0 Å². The van der Waals surface area contributed by atoms with Crippen molar-refractivity contribution in [1.29, 1.82) is 0 Å². The summed E-state index contributed by atoms with van der Waals surface area (Å²) in [5.41, 5.74) is 1.74. The molecule has 1 aromatic carbocycles. The lowest BCUT2D eigenvalue weighted by Gasteiger charge is -2.18. The maximum atomic E-state index is 13.6.